The second kappa shape index (κ2) is 15.2. The molecule has 0 atom stereocenters. The van der Waals surface area contributed by atoms with Crippen LogP contribution in [0.15, 0.2) is 103 Å². The van der Waals surface area contributed by atoms with E-state index in [1.807, 2.05) is 36.5 Å². The third-order valence-electron chi connectivity index (χ3n) is 8.62. The van der Waals surface area contributed by atoms with Crippen LogP contribution in [0, 0.1) is 11.3 Å². The average Bonchev–Trinajstić information content (AvgIpc) is 2.90. The van der Waals surface area contributed by atoms with Crippen LogP contribution >= 0.6 is 0 Å². The maximum atomic E-state index is 13.6. The lowest BCUT2D eigenvalue weighted by Crippen LogP contribution is -2.48. The SMILES string of the molecule is C=C/C=C\C=C(/C=C)N(c1cc2n(c(=O)n1)CCC(=C/C=C)/C2=C\C=C)C(C)(C)CC(C)(C)CC1CCCCCCC1. The zero-order valence-electron chi connectivity index (χ0n) is 26.7. The number of hydrogen-bond acceptors (Lipinski definition) is 3. The highest BCUT2D eigenvalue weighted by molar-refractivity contribution is 5.81. The molecule has 1 aromatic heterocycles. The molecule has 1 saturated carbocycles. The highest BCUT2D eigenvalue weighted by atomic mass is 16.1. The number of fused-ring (bicyclic) bond motifs is 1. The number of hydrogen-bond donors (Lipinski definition) is 0. The Morgan fingerprint density at radius 3 is 2.26 bits per heavy atom. The van der Waals surface area contributed by atoms with E-state index in [4.69, 9.17) is 4.98 Å². The number of allylic oxidation sites excluding steroid dienone is 11. The maximum Gasteiger partial charge on any atom is 0.350 e. The summed E-state index contributed by atoms with van der Waals surface area (Å²) in [5, 5.41) is 0. The molecule has 0 spiro atoms. The Kier molecular flexibility index (Phi) is 12.0. The van der Waals surface area contributed by atoms with Crippen molar-refractivity contribution in [1.29, 1.82) is 0 Å². The molecule has 0 amide bonds. The fourth-order valence-electron chi connectivity index (χ4n) is 7.31. The molecule has 1 fully saturated rings. The van der Waals surface area contributed by atoms with Gasteiger partial charge >= 0.3 is 5.69 Å². The van der Waals surface area contributed by atoms with Crippen molar-refractivity contribution in [2.45, 2.75) is 104 Å². The Balaban J connectivity index is 2.12. The van der Waals surface area contributed by atoms with Gasteiger partial charge in [0.2, 0.25) is 0 Å². The van der Waals surface area contributed by atoms with Gasteiger partial charge in [-0.05, 0) is 62.2 Å². The van der Waals surface area contributed by atoms with Gasteiger partial charge < -0.3 is 4.90 Å². The van der Waals surface area contributed by atoms with Gasteiger partial charge in [-0.3, -0.25) is 4.57 Å². The summed E-state index contributed by atoms with van der Waals surface area (Å²) in [5.74, 6) is 1.40. The third-order valence-corrected chi connectivity index (χ3v) is 8.62. The predicted molar refractivity (Wildman–Crippen MR) is 183 cm³/mol. The smallest absolute Gasteiger partial charge is 0.321 e. The second-order valence-corrected chi connectivity index (χ2v) is 13.2. The summed E-state index contributed by atoms with van der Waals surface area (Å²) in [7, 11) is 0. The lowest BCUT2D eigenvalue weighted by molar-refractivity contribution is 0.182. The number of aromatic nitrogens is 2. The van der Waals surface area contributed by atoms with Crippen LogP contribution in [0.2, 0.25) is 0 Å². The number of nitrogens with zero attached hydrogens (tertiary/aromatic N) is 3. The van der Waals surface area contributed by atoms with Gasteiger partial charge in [-0.2, -0.15) is 4.98 Å². The molecule has 0 N–H and O–H groups in total. The molecule has 42 heavy (non-hydrogen) atoms. The quantitative estimate of drug-likeness (QED) is 0.236. The lowest BCUT2D eigenvalue weighted by atomic mass is 9.71. The van der Waals surface area contributed by atoms with Crippen LogP contribution in [-0.4, -0.2) is 15.1 Å². The van der Waals surface area contributed by atoms with E-state index in [0.717, 1.165) is 41.3 Å². The van der Waals surface area contributed by atoms with E-state index in [1.165, 1.54) is 51.4 Å². The van der Waals surface area contributed by atoms with E-state index in [2.05, 4.69) is 65.0 Å². The Hall–Kier alpha value is -3.40. The van der Waals surface area contributed by atoms with Crippen LogP contribution in [0.5, 0.6) is 0 Å². The van der Waals surface area contributed by atoms with Crippen LogP contribution in [0.3, 0.4) is 0 Å². The summed E-state index contributed by atoms with van der Waals surface area (Å²) >= 11 is 0. The highest BCUT2D eigenvalue weighted by Gasteiger charge is 2.37. The van der Waals surface area contributed by atoms with Crippen molar-refractivity contribution in [3.63, 3.8) is 0 Å². The second-order valence-electron chi connectivity index (χ2n) is 13.2. The maximum absolute atomic E-state index is 13.6. The molecule has 4 nitrogen and oxygen atoms in total. The normalized spacial score (nSPS) is 19.3. The largest absolute Gasteiger partial charge is 0.350 e. The van der Waals surface area contributed by atoms with E-state index in [0.29, 0.717) is 12.4 Å². The summed E-state index contributed by atoms with van der Waals surface area (Å²) in [6, 6.07) is 2.06. The molecule has 2 heterocycles. The van der Waals surface area contributed by atoms with Crippen molar-refractivity contribution in [3.05, 3.63) is 115 Å². The molecular formula is C38H53N3O. The zero-order valence-corrected chi connectivity index (χ0v) is 26.7. The third kappa shape index (κ3) is 8.56. The van der Waals surface area contributed by atoms with Gasteiger partial charge in [-0.1, -0.05) is 128 Å². The minimum Gasteiger partial charge on any atom is -0.321 e. The molecule has 0 bridgehead atoms. The molecule has 0 unspecified atom stereocenters. The van der Waals surface area contributed by atoms with E-state index in [1.54, 1.807) is 22.8 Å². The molecule has 0 saturated heterocycles. The van der Waals surface area contributed by atoms with Gasteiger partial charge in [0, 0.05) is 29.4 Å². The van der Waals surface area contributed by atoms with Crippen molar-refractivity contribution in [2.75, 3.05) is 4.90 Å². The monoisotopic (exact) mass is 567 g/mol. The first-order valence-electron chi connectivity index (χ1n) is 15.8. The first-order valence-corrected chi connectivity index (χ1v) is 15.8. The Bertz CT molecular complexity index is 1310. The first kappa shape index (κ1) is 33.1. The van der Waals surface area contributed by atoms with Gasteiger partial charge in [0.05, 0.1) is 5.69 Å². The Morgan fingerprint density at radius 2 is 1.64 bits per heavy atom. The number of rotatable bonds is 12. The highest BCUT2D eigenvalue weighted by Crippen LogP contribution is 2.43. The van der Waals surface area contributed by atoms with E-state index >= 15 is 0 Å². The molecule has 0 radical (unpaired) electrons. The van der Waals surface area contributed by atoms with Crippen LogP contribution in [-0.2, 0) is 6.54 Å². The van der Waals surface area contributed by atoms with Crippen LogP contribution in [0.25, 0.3) is 5.57 Å². The topological polar surface area (TPSA) is 38.1 Å². The van der Waals surface area contributed by atoms with E-state index in [9.17, 15) is 4.79 Å². The van der Waals surface area contributed by atoms with Crippen molar-refractivity contribution in [1.82, 2.24) is 9.55 Å². The van der Waals surface area contributed by atoms with Gasteiger partial charge in [-0.25, -0.2) is 4.79 Å². The fraction of sp³-hybridized carbons (Fsp3) is 0.474. The summed E-state index contributed by atoms with van der Waals surface area (Å²) in [5.41, 5.74) is 3.37. The van der Waals surface area contributed by atoms with Crippen LogP contribution in [0.1, 0.15) is 97.6 Å². The minimum atomic E-state index is -0.359. The van der Waals surface area contributed by atoms with Crippen molar-refractivity contribution < 1.29 is 0 Å². The summed E-state index contributed by atoms with van der Waals surface area (Å²) in [4.78, 5) is 20.5. The van der Waals surface area contributed by atoms with Crippen molar-refractivity contribution >= 4 is 11.4 Å². The van der Waals surface area contributed by atoms with E-state index < -0.39 is 0 Å². The zero-order chi connectivity index (χ0) is 30.8. The standard InChI is InChI=1S/C38H53N3O/c1-9-13-17-24-32(12-4)41(38(7,8)29-37(5,6)28-30-22-18-15-14-16-19-23-30)35-27-34-33(21-11-3)31(20-10-2)25-26-40(34)36(42)39-35/h9-13,17,20-21,24,27,30H,1-4,14-16,18-19,22-23,25-26,28-29H2,5-8H3/b17-13-,31-20-,32-24+,33-21+. The molecule has 1 aliphatic carbocycles. The molecular weight excluding hydrogens is 514 g/mol. The number of anilines is 1. The van der Waals surface area contributed by atoms with Crippen LogP contribution in [0.4, 0.5) is 5.82 Å². The van der Waals surface area contributed by atoms with Crippen molar-refractivity contribution in [2.24, 2.45) is 11.3 Å². The van der Waals surface area contributed by atoms with Crippen LogP contribution < -0.4 is 10.6 Å². The average molecular weight is 568 g/mol. The summed E-state index contributed by atoms with van der Waals surface area (Å²) in [6.45, 7) is 25.8. The van der Waals surface area contributed by atoms with Gasteiger partial charge in [0.1, 0.15) is 5.82 Å². The van der Waals surface area contributed by atoms with Crippen molar-refractivity contribution in [3.8, 4) is 0 Å². The predicted octanol–water partition coefficient (Wildman–Crippen LogP) is 9.89. The molecule has 2 aliphatic rings. The van der Waals surface area contributed by atoms with Gasteiger partial charge in [0.25, 0.3) is 0 Å². The molecule has 1 aliphatic heterocycles. The van der Waals surface area contributed by atoms with E-state index in [-0.39, 0.29) is 16.6 Å². The Labute approximate surface area is 255 Å². The lowest BCUT2D eigenvalue weighted by Gasteiger charge is -2.45. The molecule has 3 rings (SSSR count). The minimum absolute atomic E-state index is 0.103. The molecule has 1 aromatic rings. The Morgan fingerprint density at radius 1 is 0.976 bits per heavy atom. The molecule has 226 valence electrons. The molecule has 4 heteroatoms. The van der Waals surface area contributed by atoms with Gasteiger partial charge in [-0.15, -0.1) is 0 Å². The fourth-order valence-corrected chi connectivity index (χ4v) is 7.31. The summed E-state index contributed by atoms with van der Waals surface area (Å²) < 4.78 is 1.78. The summed E-state index contributed by atoms with van der Waals surface area (Å²) in [6.07, 6.45) is 29.5. The van der Waals surface area contributed by atoms with Gasteiger partial charge in [0.15, 0.2) is 0 Å². The molecule has 0 aromatic carbocycles. The first-order chi connectivity index (χ1) is 20.1.